The maximum absolute atomic E-state index is 10.7. The van der Waals surface area contributed by atoms with Gasteiger partial charge in [0, 0.05) is 5.92 Å². The molecule has 66 valence electrons. The molecule has 3 heteroatoms. The summed E-state index contributed by atoms with van der Waals surface area (Å²) in [6.07, 6.45) is 3.50. The number of carbonyl (C=O) groups is 2. The third-order valence-corrected chi connectivity index (χ3v) is 3.40. The van der Waals surface area contributed by atoms with Crippen molar-refractivity contribution >= 4 is 12.3 Å². The van der Waals surface area contributed by atoms with E-state index in [0.717, 1.165) is 25.5 Å². The van der Waals surface area contributed by atoms with Crippen LogP contribution in [0.15, 0.2) is 0 Å². The van der Waals surface area contributed by atoms with Gasteiger partial charge in [-0.05, 0) is 31.1 Å². The Morgan fingerprint density at radius 3 is 2.42 bits per heavy atom. The predicted octanol–water partition coefficient (Wildman–Crippen LogP) is 0.932. The van der Waals surface area contributed by atoms with Gasteiger partial charge in [-0.15, -0.1) is 0 Å². The lowest BCUT2D eigenvalue weighted by molar-refractivity contribution is -0.144. The van der Waals surface area contributed by atoms with Crippen molar-refractivity contribution in [1.29, 1.82) is 0 Å². The van der Waals surface area contributed by atoms with Crippen LogP contribution in [0.2, 0.25) is 0 Å². The number of aliphatic carboxylic acids is 1. The molecule has 2 bridgehead atoms. The average Bonchev–Trinajstić information content (AvgIpc) is 2.60. The Labute approximate surface area is 70.8 Å². The molecule has 4 atom stereocenters. The number of carboxylic acid groups (broad SMARTS) is 1. The smallest absolute Gasteiger partial charge is 0.306 e. The van der Waals surface area contributed by atoms with Gasteiger partial charge in [0.15, 0.2) is 0 Å². The van der Waals surface area contributed by atoms with Crippen LogP contribution in [0.4, 0.5) is 0 Å². The predicted molar refractivity (Wildman–Crippen MR) is 41.5 cm³/mol. The SMILES string of the molecule is O=CC1CC2CC1CC2C(=O)O. The Balaban J connectivity index is 2.07. The highest BCUT2D eigenvalue weighted by atomic mass is 16.4. The Hall–Kier alpha value is -0.860. The Morgan fingerprint density at radius 1 is 1.25 bits per heavy atom. The number of rotatable bonds is 2. The molecular weight excluding hydrogens is 156 g/mol. The summed E-state index contributed by atoms with van der Waals surface area (Å²) in [6.45, 7) is 0. The molecule has 0 heterocycles. The molecule has 2 saturated carbocycles. The summed E-state index contributed by atoms with van der Waals surface area (Å²) in [5, 5.41) is 8.81. The minimum Gasteiger partial charge on any atom is -0.481 e. The Bertz CT molecular complexity index is 224. The molecule has 0 radical (unpaired) electrons. The van der Waals surface area contributed by atoms with Crippen molar-refractivity contribution in [3.8, 4) is 0 Å². The quantitative estimate of drug-likeness (QED) is 0.624. The van der Waals surface area contributed by atoms with Crippen molar-refractivity contribution in [3.05, 3.63) is 0 Å². The van der Waals surface area contributed by atoms with Gasteiger partial charge in [0.1, 0.15) is 6.29 Å². The molecule has 0 amide bonds. The van der Waals surface area contributed by atoms with Crippen molar-refractivity contribution in [1.82, 2.24) is 0 Å². The third kappa shape index (κ3) is 0.958. The lowest BCUT2D eigenvalue weighted by Crippen LogP contribution is -2.24. The largest absolute Gasteiger partial charge is 0.481 e. The van der Waals surface area contributed by atoms with Crippen LogP contribution < -0.4 is 0 Å². The first-order chi connectivity index (χ1) is 5.72. The number of carboxylic acids is 1. The molecule has 3 nitrogen and oxygen atoms in total. The monoisotopic (exact) mass is 168 g/mol. The maximum Gasteiger partial charge on any atom is 0.306 e. The number of hydrogen-bond acceptors (Lipinski definition) is 2. The Morgan fingerprint density at radius 2 is 2.00 bits per heavy atom. The molecule has 12 heavy (non-hydrogen) atoms. The van der Waals surface area contributed by atoms with E-state index in [1.165, 1.54) is 0 Å². The van der Waals surface area contributed by atoms with Gasteiger partial charge >= 0.3 is 5.97 Å². The molecule has 0 spiro atoms. The van der Waals surface area contributed by atoms with E-state index in [2.05, 4.69) is 0 Å². The fraction of sp³-hybridized carbons (Fsp3) is 0.778. The molecule has 2 fully saturated rings. The highest BCUT2D eigenvalue weighted by molar-refractivity contribution is 5.71. The van der Waals surface area contributed by atoms with E-state index in [-0.39, 0.29) is 17.8 Å². The first-order valence-electron chi connectivity index (χ1n) is 4.40. The fourth-order valence-electron chi connectivity index (χ4n) is 2.79. The topological polar surface area (TPSA) is 54.4 Å². The van der Waals surface area contributed by atoms with Crippen molar-refractivity contribution in [2.45, 2.75) is 19.3 Å². The molecule has 0 aromatic rings. The second-order valence-electron chi connectivity index (χ2n) is 3.97. The van der Waals surface area contributed by atoms with E-state index < -0.39 is 5.97 Å². The fourth-order valence-corrected chi connectivity index (χ4v) is 2.79. The number of aldehydes is 1. The second-order valence-corrected chi connectivity index (χ2v) is 3.97. The van der Waals surface area contributed by atoms with Gasteiger partial charge < -0.3 is 9.90 Å². The first-order valence-corrected chi connectivity index (χ1v) is 4.40. The van der Waals surface area contributed by atoms with Crippen LogP contribution in [0.25, 0.3) is 0 Å². The van der Waals surface area contributed by atoms with E-state index in [1.54, 1.807) is 0 Å². The van der Waals surface area contributed by atoms with Crippen LogP contribution in [0, 0.1) is 23.7 Å². The Kier molecular flexibility index (Phi) is 1.67. The number of fused-ring (bicyclic) bond motifs is 2. The van der Waals surface area contributed by atoms with Gasteiger partial charge in [-0.25, -0.2) is 0 Å². The van der Waals surface area contributed by atoms with Gasteiger partial charge in [0.2, 0.25) is 0 Å². The van der Waals surface area contributed by atoms with E-state index in [9.17, 15) is 9.59 Å². The third-order valence-electron chi connectivity index (χ3n) is 3.40. The molecule has 0 aromatic heterocycles. The van der Waals surface area contributed by atoms with Gasteiger partial charge in [0.05, 0.1) is 5.92 Å². The maximum atomic E-state index is 10.7. The van der Waals surface area contributed by atoms with Gasteiger partial charge in [-0.1, -0.05) is 0 Å². The van der Waals surface area contributed by atoms with Gasteiger partial charge in [0.25, 0.3) is 0 Å². The summed E-state index contributed by atoms with van der Waals surface area (Å²) in [4.78, 5) is 21.2. The first kappa shape index (κ1) is 7.77. The van der Waals surface area contributed by atoms with E-state index >= 15 is 0 Å². The van der Waals surface area contributed by atoms with Crippen LogP contribution in [-0.2, 0) is 9.59 Å². The highest BCUT2D eigenvalue weighted by Gasteiger charge is 2.48. The van der Waals surface area contributed by atoms with Crippen LogP contribution in [0.3, 0.4) is 0 Å². The lowest BCUT2D eigenvalue weighted by atomic mass is 9.83. The van der Waals surface area contributed by atoms with Crippen molar-refractivity contribution in [2.75, 3.05) is 0 Å². The molecule has 2 rings (SSSR count). The summed E-state index contributed by atoms with van der Waals surface area (Å²) in [7, 11) is 0. The highest BCUT2D eigenvalue weighted by Crippen LogP contribution is 2.50. The summed E-state index contributed by atoms with van der Waals surface area (Å²) in [5.41, 5.74) is 0. The minimum atomic E-state index is -0.674. The van der Waals surface area contributed by atoms with E-state index in [4.69, 9.17) is 5.11 Å². The van der Waals surface area contributed by atoms with Gasteiger partial charge in [-0.2, -0.15) is 0 Å². The molecule has 4 unspecified atom stereocenters. The van der Waals surface area contributed by atoms with E-state index in [1.807, 2.05) is 0 Å². The van der Waals surface area contributed by atoms with E-state index in [0.29, 0.717) is 5.92 Å². The number of hydrogen-bond donors (Lipinski definition) is 1. The summed E-state index contributed by atoms with van der Waals surface area (Å²) >= 11 is 0. The van der Waals surface area contributed by atoms with Crippen LogP contribution in [0.1, 0.15) is 19.3 Å². The average molecular weight is 168 g/mol. The van der Waals surface area contributed by atoms with Crippen molar-refractivity contribution < 1.29 is 14.7 Å². The molecule has 0 saturated heterocycles. The zero-order chi connectivity index (χ0) is 8.72. The van der Waals surface area contributed by atoms with Crippen LogP contribution in [0.5, 0.6) is 0 Å². The molecule has 1 N–H and O–H groups in total. The summed E-state index contributed by atoms with van der Waals surface area (Å²) in [6, 6.07) is 0. The zero-order valence-electron chi connectivity index (χ0n) is 6.77. The molecule has 0 aliphatic heterocycles. The van der Waals surface area contributed by atoms with Crippen molar-refractivity contribution in [2.24, 2.45) is 23.7 Å². The molecule has 0 aromatic carbocycles. The molecule has 2 aliphatic carbocycles. The van der Waals surface area contributed by atoms with Gasteiger partial charge in [-0.3, -0.25) is 4.79 Å². The second kappa shape index (κ2) is 2.57. The minimum absolute atomic E-state index is 0.158. The normalized spacial score (nSPS) is 44.7. The standard InChI is InChI=1S/C9H12O3/c10-4-7-2-6-1-5(7)3-8(6)9(11)12/h4-8H,1-3H2,(H,11,12). The number of carbonyl (C=O) groups excluding carboxylic acids is 1. The summed E-state index contributed by atoms with van der Waals surface area (Å²) < 4.78 is 0. The molecular formula is C9H12O3. The summed E-state index contributed by atoms with van der Waals surface area (Å²) in [5.74, 6) is -0.0278. The van der Waals surface area contributed by atoms with Crippen LogP contribution >= 0.6 is 0 Å². The van der Waals surface area contributed by atoms with Crippen molar-refractivity contribution in [3.63, 3.8) is 0 Å². The molecule has 2 aliphatic rings. The zero-order valence-corrected chi connectivity index (χ0v) is 6.77. The lowest BCUT2D eigenvalue weighted by Gasteiger charge is -2.21. The van der Waals surface area contributed by atoms with Crippen LogP contribution in [-0.4, -0.2) is 17.4 Å².